The van der Waals surface area contributed by atoms with E-state index in [9.17, 15) is 4.79 Å². The second-order valence-corrected chi connectivity index (χ2v) is 2.99. The lowest BCUT2D eigenvalue weighted by Gasteiger charge is -2.07. The summed E-state index contributed by atoms with van der Waals surface area (Å²) in [7, 11) is 0. The Hall–Kier alpha value is -1.73. The smallest absolute Gasteiger partial charge is 0.341 e. The number of carboxylic acids is 1. The number of hydrogen-bond acceptors (Lipinski definition) is 3. The van der Waals surface area contributed by atoms with Gasteiger partial charge in [0.15, 0.2) is 0 Å². The van der Waals surface area contributed by atoms with E-state index in [0.717, 1.165) is 0 Å². The number of benzene rings is 1. The number of halogens is 1. The van der Waals surface area contributed by atoms with Crippen molar-refractivity contribution >= 4 is 23.3 Å². The Morgan fingerprint density at radius 2 is 2.07 bits per heavy atom. The van der Waals surface area contributed by atoms with Crippen molar-refractivity contribution in [2.45, 2.75) is 6.04 Å². The third kappa shape index (κ3) is 2.64. The maximum atomic E-state index is 10.5. The van der Waals surface area contributed by atoms with Gasteiger partial charge >= 0.3 is 5.97 Å². The Labute approximate surface area is 85.7 Å². The van der Waals surface area contributed by atoms with Gasteiger partial charge in [-0.3, -0.25) is 0 Å². The third-order valence-electron chi connectivity index (χ3n) is 1.53. The summed E-state index contributed by atoms with van der Waals surface area (Å²) in [4.78, 5) is 10.5. The van der Waals surface area contributed by atoms with E-state index in [4.69, 9.17) is 22.0 Å². The average Bonchev–Trinajstić information content (AvgIpc) is 2.16. The van der Waals surface area contributed by atoms with Gasteiger partial charge in [-0.05, 0) is 24.3 Å². The van der Waals surface area contributed by atoms with E-state index >= 15 is 0 Å². The van der Waals surface area contributed by atoms with Crippen LogP contribution in [0.15, 0.2) is 24.3 Å². The topological polar surface area (TPSA) is 73.1 Å². The minimum atomic E-state index is -1.24. The highest BCUT2D eigenvalue weighted by Gasteiger charge is 2.15. The van der Waals surface area contributed by atoms with Gasteiger partial charge in [0.05, 0.1) is 6.07 Å². The van der Waals surface area contributed by atoms with Crippen molar-refractivity contribution in [2.75, 3.05) is 5.32 Å². The molecule has 1 aromatic carbocycles. The lowest BCUT2D eigenvalue weighted by Crippen LogP contribution is -2.27. The molecular formula is C9H7ClN2O2. The van der Waals surface area contributed by atoms with Crippen LogP contribution in [0.25, 0.3) is 0 Å². The summed E-state index contributed by atoms with van der Waals surface area (Å²) in [6.07, 6.45) is 0. The van der Waals surface area contributed by atoms with Crippen molar-refractivity contribution in [1.29, 1.82) is 5.26 Å². The van der Waals surface area contributed by atoms with E-state index in [1.165, 1.54) is 0 Å². The van der Waals surface area contributed by atoms with Gasteiger partial charge in [0.2, 0.25) is 6.04 Å². The molecule has 0 aliphatic heterocycles. The summed E-state index contributed by atoms with van der Waals surface area (Å²) >= 11 is 5.64. The Morgan fingerprint density at radius 3 is 2.50 bits per heavy atom. The molecule has 1 unspecified atom stereocenters. The van der Waals surface area contributed by atoms with Gasteiger partial charge < -0.3 is 10.4 Å². The molecular weight excluding hydrogens is 204 g/mol. The van der Waals surface area contributed by atoms with Gasteiger partial charge in [-0.15, -0.1) is 0 Å². The molecule has 0 spiro atoms. The summed E-state index contributed by atoms with van der Waals surface area (Å²) in [6.45, 7) is 0. The van der Waals surface area contributed by atoms with Crippen LogP contribution in [0.1, 0.15) is 0 Å². The van der Waals surface area contributed by atoms with Crippen LogP contribution in [0.3, 0.4) is 0 Å². The minimum Gasteiger partial charge on any atom is -0.479 e. The van der Waals surface area contributed by atoms with Gasteiger partial charge in [-0.2, -0.15) is 5.26 Å². The second kappa shape index (κ2) is 4.49. The fourth-order valence-electron chi connectivity index (χ4n) is 0.862. The van der Waals surface area contributed by atoms with Crippen molar-refractivity contribution in [3.63, 3.8) is 0 Å². The van der Waals surface area contributed by atoms with Gasteiger partial charge in [0.1, 0.15) is 0 Å². The molecule has 2 N–H and O–H groups in total. The molecule has 0 aliphatic carbocycles. The predicted molar refractivity (Wildman–Crippen MR) is 52.1 cm³/mol. The fourth-order valence-corrected chi connectivity index (χ4v) is 0.988. The van der Waals surface area contributed by atoms with Crippen molar-refractivity contribution < 1.29 is 9.90 Å². The maximum Gasteiger partial charge on any atom is 0.341 e. The van der Waals surface area contributed by atoms with Crippen LogP contribution < -0.4 is 5.32 Å². The Bertz CT molecular complexity index is 369. The standard InChI is InChI=1S/C9H7ClN2O2/c10-6-1-3-7(4-2-6)12-8(5-11)9(13)14/h1-4,8,12H,(H,13,14). The second-order valence-electron chi connectivity index (χ2n) is 2.55. The van der Waals surface area contributed by atoms with Crippen LogP contribution >= 0.6 is 11.6 Å². The highest BCUT2D eigenvalue weighted by molar-refractivity contribution is 6.30. The summed E-state index contributed by atoms with van der Waals surface area (Å²) in [5.41, 5.74) is 0.545. The highest BCUT2D eigenvalue weighted by Crippen LogP contribution is 2.14. The largest absolute Gasteiger partial charge is 0.479 e. The summed E-state index contributed by atoms with van der Waals surface area (Å²) < 4.78 is 0. The third-order valence-corrected chi connectivity index (χ3v) is 1.78. The molecule has 0 radical (unpaired) electrons. The molecule has 0 aromatic heterocycles. The lowest BCUT2D eigenvalue weighted by atomic mass is 10.2. The molecule has 0 heterocycles. The molecule has 72 valence electrons. The van der Waals surface area contributed by atoms with Crippen LogP contribution in [0.2, 0.25) is 5.02 Å². The summed E-state index contributed by atoms with van der Waals surface area (Å²) in [5.74, 6) is -1.21. The van der Waals surface area contributed by atoms with Crippen LogP contribution in [-0.4, -0.2) is 17.1 Å². The van der Waals surface area contributed by atoms with Crippen molar-refractivity contribution in [2.24, 2.45) is 0 Å². The molecule has 0 amide bonds. The van der Waals surface area contributed by atoms with Crippen LogP contribution in [-0.2, 0) is 4.79 Å². The first kappa shape index (κ1) is 10.4. The van der Waals surface area contributed by atoms with Crippen LogP contribution in [0, 0.1) is 11.3 Å². The quantitative estimate of drug-likeness (QED) is 0.797. The molecule has 0 saturated heterocycles. The Morgan fingerprint density at radius 1 is 1.50 bits per heavy atom. The van der Waals surface area contributed by atoms with Gasteiger partial charge in [0.25, 0.3) is 0 Å². The number of anilines is 1. The lowest BCUT2D eigenvalue weighted by molar-refractivity contribution is -0.136. The molecule has 5 heteroatoms. The number of hydrogen-bond donors (Lipinski definition) is 2. The van der Waals surface area contributed by atoms with Crippen molar-refractivity contribution in [3.05, 3.63) is 29.3 Å². The normalized spacial score (nSPS) is 11.4. The Balaban J connectivity index is 2.74. The van der Waals surface area contributed by atoms with Gasteiger partial charge in [0, 0.05) is 10.7 Å². The van der Waals surface area contributed by atoms with Gasteiger partial charge in [-0.1, -0.05) is 11.6 Å². The molecule has 1 atom stereocenters. The van der Waals surface area contributed by atoms with Crippen LogP contribution in [0.4, 0.5) is 5.69 Å². The minimum absolute atomic E-state index is 0.545. The molecule has 0 fully saturated rings. The van der Waals surface area contributed by atoms with E-state index in [-0.39, 0.29) is 0 Å². The monoisotopic (exact) mass is 210 g/mol. The molecule has 1 aromatic rings. The SMILES string of the molecule is N#CC(Nc1ccc(Cl)cc1)C(=O)O. The van der Waals surface area contributed by atoms with Gasteiger partial charge in [-0.25, -0.2) is 4.79 Å². The fraction of sp³-hybridized carbons (Fsp3) is 0.111. The number of carbonyl (C=O) groups is 1. The van der Waals surface area contributed by atoms with E-state index in [1.54, 1.807) is 30.3 Å². The van der Waals surface area contributed by atoms with Crippen LogP contribution in [0.5, 0.6) is 0 Å². The number of nitriles is 1. The number of aliphatic carboxylic acids is 1. The number of nitrogens with zero attached hydrogens (tertiary/aromatic N) is 1. The zero-order valence-electron chi connectivity index (χ0n) is 7.07. The van der Waals surface area contributed by atoms with E-state index in [1.807, 2.05) is 0 Å². The number of carboxylic acid groups (broad SMARTS) is 1. The number of nitrogens with one attached hydrogen (secondary N) is 1. The first-order chi connectivity index (χ1) is 6.63. The maximum absolute atomic E-state index is 10.5. The summed E-state index contributed by atoms with van der Waals surface area (Å²) in [5, 5.41) is 20.2. The molecule has 14 heavy (non-hydrogen) atoms. The van der Waals surface area contributed by atoms with E-state index in [0.29, 0.717) is 10.7 Å². The first-order valence-corrected chi connectivity index (χ1v) is 4.16. The number of rotatable bonds is 3. The Kier molecular flexibility index (Phi) is 3.32. The zero-order valence-corrected chi connectivity index (χ0v) is 7.82. The molecule has 0 saturated carbocycles. The molecule has 0 aliphatic rings. The molecule has 1 rings (SSSR count). The first-order valence-electron chi connectivity index (χ1n) is 3.78. The van der Waals surface area contributed by atoms with E-state index < -0.39 is 12.0 Å². The van der Waals surface area contributed by atoms with Crippen molar-refractivity contribution in [1.82, 2.24) is 0 Å². The average molecular weight is 211 g/mol. The zero-order chi connectivity index (χ0) is 10.6. The summed E-state index contributed by atoms with van der Waals surface area (Å²) in [6, 6.07) is 6.82. The highest BCUT2D eigenvalue weighted by atomic mass is 35.5. The predicted octanol–water partition coefficient (Wildman–Crippen LogP) is 1.73. The molecule has 0 bridgehead atoms. The van der Waals surface area contributed by atoms with E-state index in [2.05, 4.69) is 5.32 Å². The molecule has 4 nitrogen and oxygen atoms in total. The van der Waals surface area contributed by atoms with Crippen molar-refractivity contribution in [3.8, 4) is 6.07 Å².